The lowest BCUT2D eigenvalue weighted by atomic mass is 9.63. The van der Waals surface area contributed by atoms with Gasteiger partial charge in [0.1, 0.15) is 11.7 Å². The zero-order chi connectivity index (χ0) is 19.3. The fourth-order valence-electron chi connectivity index (χ4n) is 4.06. The number of rotatable bonds is 2. The molecule has 2 amide bonds. The number of piperidine rings is 1. The van der Waals surface area contributed by atoms with E-state index in [2.05, 4.69) is 15.9 Å². The molecule has 2 heterocycles. The standard InChI is InChI=1S/C21H18BrNO4/c1-21(2)17-14-10-13(22)8-9-15(14)27-19(25)16(17)18(24)23(20(21)26)11-12-6-4-3-5-7-12/h3-10,16-17H,11H2,1-2H3/t16-,17-/m0/s1. The Labute approximate surface area is 165 Å². The Morgan fingerprint density at radius 3 is 2.48 bits per heavy atom. The molecule has 0 spiro atoms. The summed E-state index contributed by atoms with van der Waals surface area (Å²) in [6.07, 6.45) is 0. The van der Waals surface area contributed by atoms with Crippen molar-refractivity contribution in [1.29, 1.82) is 0 Å². The summed E-state index contributed by atoms with van der Waals surface area (Å²) in [6.45, 7) is 3.73. The molecule has 6 heteroatoms. The Morgan fingerprint density at radius 1 is 1.07 bits per heavy atom. The molecule has 138 valence electrons. The van der Waals surface area contributed by atoms with Crippen LogP contribution in [-0.4, -0.2) is 22.7 Å². The van der Waals surface area contributed by atoms with Gasteiger partial charge in [0.2, 0.25) is 11.8 Å². The molecular weight excluding hydrogens is 410 g/mol. The Hall–Kier alpha value is -2.47. The summed E-state index contributed by atoms with van der Waals surface area (Å²) in [5, 5.41) is 0. The topological polar surface area (TPSA) is 63.7 Å². The van der Waals surface area contributed by atoms with E-state index >= 15 is 0 Å². The van der Waals surface area contributed by atoms with Crippen LogP contribution in [0.5, 0.6) is 5.75 Å². The van der Waals surface area contributed by atoms with Crippen LogP contribution in [0, 0.1) is 11.3 Å². The highest BCUT2D eigenvalue weighted by atomic mass is 79.9. The average molecular weight is 428 g/mol. The Morgan fingerprint density at radius 2 is 1.78 bits per heavy atom. The molecule has 0 aliphatic carbocycles. The van der Waals surface area contributed by atoms with E-state index in [9.17, 15) is 14.4 Å². The zero-order valence-corrected chi connectivity index (χ0v) is 16.5. The van der Waals surface area contributed by atoms with Crippen LogP contribution in [0.25, 0.3) is 0 Å². The first-order valence-electron chi connectivity index (χ1n) is 8.71. The second-order valence-electron chi connectivity index (χ2n) is 7.50. The molecule has 0 radical (unpaired) electrons. The van der Waals surface area contributed by atoms with Crippen molar-refractivity contribution in [3.05, 3.63) is 64.1 Å². The summed E-state index contributed by atoms with van der Waals surface area (Å²) in [5.41, 5.74) is 0.614. The number of esters is 1. The maximum atomic E-state index is 13.3. The van der Waals surface area contributed by atoms with Crippen LogP contribution in [0.2, 0.25) is 0 Å². The summed E-state index contributed by atoms with van der Waals surface area (Å²) in [6, 6.07) is 14.6. The summed E-state index contributed by atoms with van der Waals surface area (Å²) < 4.78 is 6.24. The monoisotopic (exact) mass is 427 g/mol. The number of likely N-dealkylation sites (tertiary alicyclic amines) is 1. The second kappa shape index (κ2) is 6.30. The van der Waals surface area contributed by atoms with E-state index in [0.717, 1.165) is 10.0 Å². The van der Waals surface area contributed by atoms with Gasteiger partial charge in [-0.2, -0.15) is 0 Å². The van der Waals surface area contributed by atoms with Gasteiger partial charge in [-0.3, -0.25) is 19.3 Å². The highest BCUT2D eigenvalue weighted by Crippen LogP contribution is 2.52. The van der Waals surface area contributed by atoms with E-state index in [1.165, 1.54) is 4.90 Å². The smallest absolute Gasteiger partial charge is 0.324 e. The molecule has 2 atom stereocenters. The number of carbonyl (C=O) groups excluding carboxylic acids is 3. The third-order valence-corrected chi connectivity index (χ3v) is 5.89. The molecule has 1 fully saturated rings. The maximum absolute atomic E-state index is 13.3. The quantitative estimate of drug-likeness (QED) is 0.317. The fraction of sp³-hybridized carbons (Fsp3) is 0.286. The molecule has 0 unspecified atom stereocenters. The highest BCUT2D eigenvalue weighted by Gasteiger charge is 2.59. The molecule has 27 heavy (non-hydrogen) atoms. The second-order valence-corrected chi connectivity index (χ2v) is 8.41. The number of nitrogens with zero attached hydrogens (tertiary/aromatic N) is 1. The third-order valence-electron chi connectivity index (χ3n) is 5.39. The lowest BCUT2D eigenvalue weighted by Crippen LogP contribution is -2.60. The van der Waals surface area contributed by atoms with Crippen LogP contribution in [0.4, 0.5) is 0 Å². The molecule has 2 aliphatic rings. The van der Waals surface area contributed by atoms with Gasteiger partial charge in [-0.15, -0.1) is 0 Å². The van der Waals surface area contributed by atoms with Crippen LogP contribution in [0.3, 0.4) is 0 Å². The molecule has 2 aliphatic heterocycles. The number of ether oxygens (including phenoxy) is 1. The molecule has 4 rings (SSSR count). The Balaban J connectivity index is 1.80. The first-order valence-corrected chi connectivity index (χ1v) is 9.51. The average Bonchev–Trinajstić information content (AvgIpc) is 2.64. The van der Waals surface area contributed by atoms with Crippen molar-refractivity contribution >= 4 is 33.7 Å². The number of fused-ring (bicyclic) bond motifs is 3. The van der Waals surface area contributed by atoms with Gasteiger partial charge in [-0.05, 0) is 23.8 Å². The van der Waals surface area contributed by atoms with Gasteiger partial charge in [0.15, 0.2) is 0 Å². The first kappa shape index (κ1) is 17.9. The van der Waals surface area contributed by atoms with Crippen LogP contribution in [0.1, 0.15) is 30.9 Å². The van der Waals surface area contributed by atoms with Gasteiger partial charge in [0.25, 0.3) is 0 Å². The highest BCUT2D eigenvalue weighted by molar-refractivity contribution is 9.10. The Bertz CT molecular complexity index is 954. The molecule has 0 N–H and O–H groups in total. The van der Waals surface area contributed by atoms with Gasteiger partial charge in [0.05, 0.1) is 12.0 Å². The van der Waals surface area contributed by atoms with Crippen LogP contribution < -0.4 is 4.74 Å². The van der Waals surface area contributed by atoms with Gasteiger partial charge in [-0.25, -0.2) is 0 Å². The largest absolute Gasteiger partial charge is 0.426 e. The van der Waals surface area contributed by atoms with E-state index < -0.39 is 29.1 Å². The molecule has 0 bridgehead atoms. The molecule has 0 aromatic heterocycles. The fourth-order valence-corrected chi connectivity index (χ4v) is 4.43. The molecule has 1 saturated heterocycles. The summed E-state index contributed by atoms with van der Waals surface area (Å²) in [4.78, 5) is 40.3. The van der Waals surface area contributed by atoms with Crippen molar-refractivity contribution in [3.63, 3.8) is 0 Å². The molecule has 0 saturated carbocycles. The molecule has 5 nitrogen and oxygen atoms in total. The van der Waals surface area contributed by atoms with Crippen molar-refractivity contribution in [1.82, 2.24) is 4.90 Å². The minimum atomic E-state index is -1.02. The SMILES string of the molecule is CC1(C)C(=O)N(Cc2ccccc2)C(=O)[C@H]2C(=O)Oc3ccc(Br)cc3[C@@H]21. The van der Waals surface area contributed by atoms with Gasteiger partial charge in [0, 0.05) is 16.0 Å². The van der Waals surface area contributed by atoms with Crippen molar-refractivity contribution in [3.8, 4) is 5.75 Å². The number of carbonyl (C=O) groups is 3. The minimum Gasteiger partial charge on any atom is -0.426 e. The van der Waals surface area contributed by atoms with Gasteiger partial charge < -0.3 is 4.74 Å². The van der Waals surface area contributed by atoms with Crippen molar-refractivity contribution in [2.75, 3.05) is 0 Å². The van der Waals surface area contributed by atoms with E-state index in [-0.39, 0.29) is 12.5 Å². The predicted octanol–water partition coefficient (Wildman–Crippen LogP) is 3.66. The predicted molar refractivity (Wildman–Crippen MR) is 102 cm³/mol. The molecule has 2 aromatic carbocycles. The van der Waals surface area contributed by atoms with Crippen molar-refractivity contribution < 1.29 is 19.1 Å². The zero-order valence-electron chi connectivity index (χ0n) is 14.9. The summed E-state index contributed by atoms with van der Waals surface area (Å²) in [5.74, 6) is -2.54. The number of halogens is 1. The van der Waals surface area contributed by atoms with E-state index in [0.29, 0.717) is 11.3 Å². The van der Waals surface area contributed by atoms with E-state index in [1.54, 1.807) is 26.0 Å². The molecular formula is C21H18BrNO4. The van der Waals surface area contributed by atoms with Crippen LogP contribution in [-0.2, 0) is 20.9 Å². The number of amides is 2. The third kappa shape index (κ3) is 2.79. The van der Waals surface area contributed by atoms with Crippen molar-refractivity contribution in [2.45, 2.75) is 26.3 Å². The van der Waals surface area contributed by atoms with Gasteiger partial charge in [-0.1, -0.05) is 60.1 Å². The minimum absolute atomic E-state index is 0.143. The first-order chi connectivity index (χ1) is 12.8. The normalized spacial score (nSPS) is 23.5. The summed E-state index contributed by atoms with van der Waals surface area (Å²) >= 11 is 3.43. The van der Waals surface area contributed by atoms with Crippen LogP contribution in [0.15, 0.2) is 53.0 Å². The van der Waals surface area contributed by atoms with Gasteiger partial charge >= 0.3 is 5.97 Å². The Kier molecular flexibility index (Phi) is 4.18. The maximum Gasteiger partial charge on any atom is 0.324 e. The molecule has 2 aromatic rings. The number of benzene rings is 2. The number of imide groups is 1. The van der Waals surface area contributed by atoms with E-state index in [4.69, 9.17) is 4.74 Å². The summed E-state index contributed by atoms with van der Waals surface area (Å²) in [7, 11) is 0. The number of hydrogen-bond donors (Lipinski definition) is 0. The number of hydrogen-bond acceptors (Lipinski definition) is 4. The lowest BCUT2D eigenvalue weighted by molar-refractivity contribution is -0.169. The lowest BCUT2D eigenvalue weighted by Gasteiger charge is -2.47. The van der Waals surface area contributed by atoms with Crippen LogP contribution >= 0.6 is 15.9 Å². The van der Waals surface area contributed by atoms with Crippen molar-refractivity contribution in [2.24, 2.45) is 11.3 Å². The van der Waals surface area contributed by atoms with E-state index in [1.807, 2.05) is 36.4 Å².